The van der Waals surface area contributed by atoms with Crippen molar-refractivity contribution < 1.29 is 8.42 Å². The first-order valence-electron chi connectivity index (χ1n) is 8.01. The molecule has 0 fully saturated rings. The number of anilines is 1. The standard InChI is InChI=1S/C20H18N2O2S/c1-13-10-11-15(19(12-13)22-25(2,23)24)17-8-5-7-16-14-6-3-4-9-18(14)21-20(16)17/h3-12,21-22H,1-2H3. The minimum atomic E-state index is -3.36. The van der Waals surface area contributed by atoms with Gasteiger partial charge in [0, 0.05) is 27.4 Å². The molecule has 0 bridgehead atoms. The van der Waals surface area contributed by atoms with Crippen LogP contribution in [0, 0.1) is 6.92 Å². The van der Waals surface area contributed by atoms with Crippen LogP contribution in [0.1, 0.15) is 5.56 Å². The van der Waals surface area contributed by atoms with E-state index in [9.17, 15) is 8.42 Å². The van der Waals surface area contributed by atoms with Crippen molar-refractivity contribution >= 4 is 37.5 Å². The van der Waals surface area contributed by atoms with Gasteiger partial charge >= 0.3 is 0 Å². The van der Waals surface area contributed by atoms with Gasteiger partial charge in [0.1, 0.15) is 0 Å². The minimum absolute atomic E-state index is 0.591. The molecule has 0 aliphatic rings. The number of aromatic amines is 1. The molecule has 4 rings (SSSR count). The third-order valence-corrected chi connectivity index (χ3v) is 4.89. The number of aromatic nitrogens is 1. The van der Waals surface area contributed by atoms with Gasteiger partial charge in [-0.25, -0.2) is 8.42 Å². The smallest absolute Gasteiger partial charge is 0.229 e. The molecule has 25 heavy (non-hydrogen) atoms. The molecule has 0 radical (unpaired) electrons. The van der Waals surface area contributed by atoms with E-state index in [-0.39, 0.29) is 0 Å². The van der Waals surface area contributed by atoms with E-state index in [2.05, 4.69) is 21.8 Å². The summed E-state index contributed by atoms with van der Waals surface area (Å²) in [5.41, 5.74) is 5.49. The summed E-state index contributed by atoms with van der Waals surface area (Å²) < 4.78 is 26.2. The summed E-state index contributed by atoms with van der Waals surface area (Å²) in [6.07, 6.45) is 1.17. The highest BCUT2D eigenvalue weighted by atomic mass is 32.2. The van der Waals surface area contributed by atoms with E-state index >= 15 is 0 Å². The number of hydrogen-bond acceptors (Lipinski definition) is 2. The Kier molecular flexibility index (Phi) is 3.54. The van der Waals surface area contributed by atoms with Crippen LogP contribution in [0.3, 0.4) is 0 Å². The molecule has 5 heteroatoms. The molecule has 2 N–H and O–H groups in total. The SMILES string of the molecule is Cc1ccc(-c2cccc3c2[nH]c2ccccc23)c(NS(C)(=O)=O)c1. The lowest BCUT2D eigenvalue weighted by Crippen LogP contribution is -2.10. The number of aryl methyl sites for hydroxylation is 1. The van der Waals surface area contributed by atoms with Crippen molar-refractivity contribution in [1.82, 2.24) is 4.98 Å². The molecule has 4 aromatic rings. The Morgan fingerprint density at radius 1 is 0.880 bits per heavy atom. The molecule has 0 saturated heterocycles. The van der Waals surface area contributed by atoms with Gasteiger partial charge in [-0.05, 0) is 24.6 Å². The van der Waals surface area contributed by atoms with Gasteiger partial charge < -0.3 is 4.98 Å². The average molecular weight is 350 g/mol. The van der Waals surface area contributed by atoms with Crippen molar-refractivity contribution in [2.75, 3.05) is 11.0 Å². The van der Waals surface area contributed by atoms with E-state index < -0.39 is 10.0 Å². The minimum Gasteiger partial charge on any atom is -0.354 e. The number of nitrogens with one attached hydrogen (secondary N) is 2. The second kappa shape index (κ2) is 5.63. The fourth-order valence-electron chi connectivity index (χ4n) is 3.27. The van der Waals surface area contributed by atoms with Gasteiger partial charge in [-0.3, -0.25) is 4.72 Å². The molecule has 0 aliphatic heterocycles. The lowest BCUT2D eigenvalue weighted by molar-refractivity contribution is 0.607. The van der Waals surface area contributed by atoms with E-state index in [0.717, 1.165) is 38.5 Å². The van der Waals surface area contributed by atoms with Crippen molar-refractivity contribution in [3.05, 3.63) is 66.2 Å². The summed E-state index contributed by atoms with van der Waals surface area (Å²) in [7, 11) is -3.36. The molecule has 3 aromatic carbocycles. The molecule has 0 unspecified atom stereocenters. The maximum atomic E-state index is 11.8. The maximum absolute atomic E-state index is 11.8. The van der Waals surface area contributed by atoms with Crippen LogP contribution in [0.2, 0.25) is 0 Å². The highest BCUT2D eigenvalue weighted by Crippen LogP contribution is 2.37. The summed E-state index contributed by atoms with van der Waals surface area (Å²) in [5, 5.41) is 2.28. The zero-order valence-electron chi connectivity index (χ0n) is 14.0. The topological polar surface area (TPSA) is 62.0 Å². The van der Waals surface area contributed by atoms with Crippen LogP contribution in [-0.2, 0) is 10.0 Å². The second-order valence-electron chi connectivity index (χ2n) is 6.32. The van der Waals surface area contributed by atoms with Crippen LogP contribution < -0.4 is 4.72 Å². The van der Waals surface area contributed by atoms with Crippen molar-refractivity contribution in [3.8, 4) is 11.1 Å². The van der Waals surface area contributed by atoms with E-state index in [1.807, 2.05) is 55.5 Å². The third-order valence-electron chi connectivity index (χ3n) is 4.30. The lowest BCUT2D eigenvalue weighted by Gasteiger charge is -2.13. The molecule has 4 nitrogen and oxygen atoms in total. The molecule has 0 amide bonds. The number of H-pyrrole nitrogens is 1. The second-order valence-corrected chi connectivity index (χ2v) is 8.07. The van der Waals surface area contributed by atoms with Gasteiger partial charge in [0.25, 0.3) is 0 Å². The predicted molar refractivity (Wildman–Crippen MR) is 104 cm³/mol. The Morgan fingerprint density at radius 2 is 1.64 bits per heavy atom. The van der Waals surface area contributed by atoms with Gasteiger partial charge in [-0.2, -0.15) is 0 Å². The predicted octanol–water partition coefficient (Wildman–Crippen LogP) is 4.67. The van der Waals surface area contributed by atoms with Crippen LogP contribution in [0.5, 0.6) is 0 Å². The van der Waals surface area contributed by atoms with E-state index in [1.54, 1.807) is 0 Å². The number of para-hydroxylation sites is 2. The zero-order chi connectivity index (χ0) is 17.6. The number of rotatable bonds is 3. The van der Waals surface area contributed by atoms with Gasteiger partial charge in [0.15, 0.2) is 0 Å². The highest BCUT2D eigenvalue weighted by molar-refractivity contribution is 7.92. The summed E-state index contributed by atoms with van der Waals surface area (Å²) in [6.45, 7) is 1.95. The first-order chi connectivity index (χ1) is 11.9. The number of benzene rings is 3. The molecule has 0 spiro atoms. The Hall–Kier alpha value is -2.79. The van der Waals surface area contributed by atoms with Gasteiger partial charge in [0.2, 0.25) is 10.0 Å². The molecule has 126 valence electrons. The van der Waals surface area contributed by atoms with Gasteiger partial charge in [-0.15, -0.1) is 0 Å². The molecule has 0 atom stereocenters. The highest BCUT2D eigenvalue weighted by Gasteiger charge is 2.14. The summed E-state index contributed by atoms with van der Waals surface area (Å²) in [5.74, 6) is 0. The summed E-state index contributed by atoms with van der Waals surface area (Å²) >= 11 is 0. The van der Waals surface area contributed by atoms with Crippen LogP contribution in [0.25, 0.3) is 32.9 Å². The molecular formula is C20H18N2O2S. The lowest BCUT2D eigenvalue weighted by atomic mass is 9.99. The zero-order valence-corrected chi connectivity index (χ0v) is 14.8. The molecular weight excluding hydrogens is 332 g/mol. The quantitative estimate of drug-likeness (QED) is 0.564. The number of sulfonamides is 1. The fourth-order valence-corrected chi connectivity index (χ4v) is 3.84. The van der Waals surface area contributed by atoms with Crippen molar-refractivity contribution in [2.24, 2.45) is 0 Å². The van der Waals surface area contributed by atoms with Crippen LogP contribution in [0.15, 0.2) is 60.7 Å². The third kappa shape index (κ3) is 2.87. The molecule has 0 saturated carbocycles. The first kappa shape index (κ1) is 15.7. The summed E-state index contributed by atoms with van der Waals surface area (Å²) in [6, 6.07) is 20.1. The van der Waals surface area contributed by atoms with Crippen LogP contribution in [0.4, 0.5) is 5.69 Å². The van der Waals surface area contributed by atoms with E-state index in [0.29, 0.717) is 5.69 Å². The van der Waals surface area contributed by atoms with Gasteiger partial charge in [-0.1, -0.05) is 48.5 Å². The Balaban J connectivity index is 2.02. The van der Waals surface area contributed by atoms with Gasteiger partial charge in [0.05, 0.1) is 17.5 Å². The van der Waals surface area contributed by atoms with Crippen LogP contribution >= 0.6 is 0 Å². The largest absolute Gasteiger partial charge is 0.354 e. The summed E-state index contributed by atoms with van der Waals surface area (Å²) in [4.78, 5) is 3.47. The molecule has 0 aliphatic carbocycles. The number of fused-ring (bicyclic) bond motifs is 3. The van der Waals surface area contributed by atoms with Crippen LogP contribution in [-0.4, -0.2) is 19.7 Å². The Morgan fingerprint density at radius 3 is 2.44 bits per heavy atom. The van der Waals surface area contributed by atoms with E-state index in [1.165, 1.54) is 6.26 Å². The number of hydrogen-bond donors (Lipinski definition) is 2. The van der Waals surface area contributed by atoms with Crippen molar-refractivity contribution in [2.45, 2.75) is 6.92 Å². The molecule has 1 heterocycles. The Bertz CT molecular complexity index is 1210. The molecule has 1 aromatic heterocycles. The normalized spacial score (nSPS) is 11.9. The monoisotopic (exact) mass is 350 g/mol. The first-order valence-corrected chi connectivity index (χ1v) is 9.90. The maximum Gasteiger partial charge on any atom is 0.229 e. The van der Waals surface area contributed by atoms with Crippen molar-refractivity contribution in [3.63, 3.8) is 0 Å². The van der Waals surface area contributed by atoms with Crippen molar-refractivity contribution in [1.29, 1.82) is 0 Å². The fraction of sp³-hybridized carbons (Fsp3) is 0.100. The average Bonchev–Trinajstić information content (AvgIpc) is 2.92. The Labute approximate surface area is 146 Å². The van der Waals surface area contributed by atoms with E-state index in [4.69, 9.17) is 0 Å².